The molecule has 17 heavy (non-hydrogen) atoms. The molecule has 0 bridgehead atoms. The zero-order valence-corrected chi connectivity index (χ0v) is 10.1. The summed E-state index contributed by atoms with van der Waals surface area (Å²) in [7, 11) is 0. The van der Waals surface area contributed by atoms with Crippen molar-refractivity contribution in [2.24, 2.45) is 0 Å². The predicted octanol–water partition coefficient (Wildman–Crippen LogP) is 1.45. The van der Waals surface area contributed by atoms with Gasteiger partial charge in [-0.25, -0.2) is 0 Å². The minimum Gasteiger partial charge on any atom is -0.482 e. The second-order valence-corrected chi connectivity index (χ2v) is 3.92. The van der Waals surface area contributed by atoms with Crippen molar-refractivity contribution < 1.29 is 9.53 Å². The molecule has 0 atom stereocenters. The number of hydrogen-bond acceptors (Lipinski definition) is 4. The Morgan fingerprint density at radius 3 is 2.76 bits per heavy atom. The molecule has 5 nitrogen and oxygen atoms in total. The molecule has 1 aromatic rings. The summed E-state index contributed by atoms with van der Waals surface area (Å²) < 4.78 is 5.31. The highest BCUT2D eigenvalue weighted by atomic mass is 16.5. The number of ether oxygens (including phenoxy) is 1. The number of amides is 1. The van der Waals surface area contributed by atoms with E-state index in [1.165, 1.54) is 0 Å². The summed E-state index contributed by atoms with van der Waals surface area (Å²) in [5.41, 5.74) is 8.29. The molecule has 1 aromatic carbocycles. The van der Waals surface area contributed by atoms with Crippen LogP contribution in [0.5, 0.6) is 5.75 Å². The fraction of sp³-hybridized carbons (Fsp3) is 0.417. The van der Waals surface area contributed by atoms with Crippen LogP contribution in [0.3, 0.4) is 0 Å². The van der Waals surface area contributed by atoms with Gasteiger partial charge in [-0.2, -0.15) is 0 Å². The molecule has 1 aliphatic rings. The van der Waals surface area contributed by atoms with Crippen LogP contribution in [0.25, 0.3) is 0 Å². The summed E-state index contributed by atoms with van der Waals surface area (Å²) in [5.74, 6) is 0.505. The molecule has 0 radical (unpaired) electrons. The monoisotopic (exact) mass is 235 g/mol. The molecule has 1 heterocycles. The van der Waals surface area contributed by atoms with Crippen LogP contribution in [0.1, 0.15) is 13.8 Å². The SMILES string of the molecule is CCN(CC)c1cc2c(cc1N)OCC(=O)N2. The second-order valence-electron chi connectivity index (χ2n) is 3.92. The summed E-state index contributed by atoms with van der Waals surface area (Å²) in [4.78, 5) is 13.4. The predicted molar refractivity (Wildman–Crippen MR) is 68.5 cm³/mol. The Morgan fingerprint density at radius 1 is 1.41 bits per heavy atom. The maximum Gasteiger partial charge on any atom is 0.262 e. The normalized spacial score (nSPS) is 13.6. The maximum absolute atomic E-state index is 11.2. The van der Waals surface area contributed by atoms with E-state index in [2.05, 4.69) is 24.1 Å². The first-order valence-corrected chi connectivity index (χ1v) is 5.76. The molecule has 1 aliphatic heterocycles. The minimum absolute atomic E-state index is 0.0526. The first kappa shape index (κ1) is 11.6. The highest BCUT2D eigenvalue weighted by molar-refractivity contribution is 5.97. The summed E-state index contributed by atoms with van der Waals surface area (Å²) >= 11 is 0. The van der Waals surface area contributed by atoms with E-state index in [1.54, 1.807) is 6.07 Å². The number of nitrogen functional groups attached to an aromatic ring is 1. The lowest BCUT2D eigenvalue weighted by Gasteiger charge is -2.26. The number of carbonyl (C=O) groups excluding carboxylic acids is 1. The second kappa shape index (κ2) is 4.53. The molecule has 0 saturated heterocycles. The Balaban J connectivity index is 2.41. The lowest BCUT2D eigenvalue weighted by molar-refractivity contribution is -0.118. The quantitative estimate of drug-likeness (QED) is 0.778. The third kappa shape index (κ3) is 2.13. The van der Waals surface area contributed by atoms with Crippen LogP contribution in [-0.4, -0.2) is 25.6 Å². The zero-order chi connectivity index (χ0) is 12.4. The van der Waals surface area contributed by atoms with Gasteiger partial charge in [0.1, 0.15) is 5.75 Å². The Bertz CT molecular complexity index is 442. The van der Waals surface area contributed by atoms with Gasteiger partial charge in [-0.1, -0.05) is 0 Å². The van der Waals surface area contributed by atoms with E-state index < -0.39 is 0 Å². The molecule has 0 spiro atoms. The topological polar surface area (TPSA) is 67.6 Å². The van der Waals surface area contributed by atoms with Crippen molar-refractivity contribution in [3.05, 3.63) is 12.1 Å². The van der Waals surface area contributed by atoms with Crippen LogP contribution in [0.2, 0.25) is 0 Å². The fourth-order valence-electron chi connectivity index (χ4n) is 1.97. The first-order valence-electron chi connectivity index (χ1n) is 5.76. The molecule has 0 saturated carbocycles. The number of fused-ring (bicyclic) bond motifs is 1. The molecule has 0 aliphatic carbocycles. The van der Waals surface area contributed by atoms with Gasteiger partial charge in [-0.15, -0.1) is 0 Å². The Morgan fingerprint density at radius 2 is 2.12 bits per heavy atom. The number of nitrogens with one attached hydrogen (secondary N) is 1. The van der Waals surface area contributed by atoms with Gasteiger partial charge in [0, 0.05) is 19.2 Å². The van der Waals surface area contributed by atoms with E-state index in [1.807, 2.05) is 6.07 Å². The molecule has 0 fully saturated rings. The van der Waals surface area contributed by atoms with Gasteiger partial charge in [0.15, 0.2) is 6.61 Å². The fourth-order valence-corrected chi connectivity index (χ4v) is 1.97. The molecule has 0 aromatic heterocycles. The molecule has 0 unspecified atom stereocenters. The average Bonchev–Trinajstić information content (AvgIpc) is 2.32. The molecule has 3 N–H and O–H groups in total. The van der Waals surface area contributed by atoms with Crippen LogP contribution >= 0.6 is 0 Å². The highest BCUT2D eigenvalue weighted by Crippen LogP contribution is 2.36. The van der Waals surface area contributed by atoms with Gasteiger partial charge in [-0.05, 0) is 19.9 Å². The molecular weight excluding hydrogens is 218 g/mol. The summed E-state index contributed by atoms with van der Waals surface area (Å²) in [5, 5.41) is 2.78. The van der Waals surface area contributed by atoms with Gasteiger partial charge in [0.05, 0.1) is 17.1 Å². The van der Waals surface area contributed by atoms with Crippen molar-refractivity contribution in [2.75, 3.05) is 35.6 Å². The summed E-state index contributed by atoms with van der Waals surface area (Å²) in [6.07, 6.45) is 0. The molecule has 2 rings (SSSR count). The summed E-state index contributed by atoms with van der Waals surface area (Å²) in [6, 6.07) is 3.64. The first-order chi connectivity index (χ1) is 8.15. The number of nitrogens with zero attached hydrogens (tertiary/aromatic N) is 1. The van der Waals surface area contributed by atoms with Crippen molar-refractivity contribution in [2.45, 2.75) is 13.8 Å². The van der Waals surface area contributed by atoms with Crippen molar-refractivity contribution in [3.8, 4) is 5.75 Å². The lowest BCUT2D eigenvalue weighted by Crippen LogP contribution is -2.27. The number of anilines is 3. The van der Waals surface area contributed by atoms with Gasteiger partial charge in [-0.3, -0.25) is 4.79 Å². The number of benzene rings is 1. The highest BCUT2D eigenvalue weighted by Gasteiger charge is 2.19. The number of hydrogen-bond donors (Lipinski definition) is 2. The van der Waals surface area contributed by atoms with E-state index >= 15 is 0 Å². The summed E-state index contributed by atoms with van der Waals surface area (Å²) in [6.45, 7) is 5.93. The number of nitrogens with two attached hydrogens (primary N) is 1. The Labute approximate surface area is 101 Å². The van der Waals surface area contributed by atoms with Crippen molar-refractivity contribution in [1.82, 2.24) is 0 Å². The van der Waals surface area contributed by atoms with E-state index in [4.69, 9.17) is 10.5 Å². The molecule has 1 amide bonds. The Hall–Kier alpha value is -1.91. The van der Waals surface area contributed by atoms with Crippen LogP contribution in [0.4, 0.5) is 17.1 Å². The molecule has 92 valence electrons. The molecule has 5 heteroatoms. The van der Waals surface area contributed by atoms with Gasteiger partial charge < -0.3 is 20.7 Å². The average molecular weight is 235 g/mol. The van der Waals surface area contributed by atoms with Crippen LogP contribution in [0.15, 0.2) is 12.1 Å². The largest absolute Gasteiger partial charge is 0.482 e. The van der Waals surface area contributed by atoms with Gasteiger partial charge in [0.2, 0.25) is 0 Å². The van der Waals surface area contributed by atoms with Crippen LogP contribution < -0.4 is 20.7 Å². The number of carbonyl (C=O) groups is 1. The zero-order valence-electron chi connectivity index (χ0n) is 10.1. The molecular formula is C12H17N3O2. The standard InChI is InChI=1S/C12H17N3O2/c1-3-15(4-2)10-6-9-11(5-8(10)13)17-7-12(16)14-9/h5-6H,3-4,7,13H2,1-2H3,(H,14,16). The smallest absolute Gasteiger partial charge is 0.262 e. The van der Waals surface area contributed by atoms with E-state index in [9.17, 15) is 4.79 Å². The Kier molecular flexibility index (Phi) is 3.08. The van der Waals surface area contributed by atoms with E-state index in [0.717, 1.165) is 18.8 Å². The maximum atomic E-state index is 11.2. The van der Waals surface area contributed by atoms with Crippen molar-refractivity contribution >= 4 is 23.0 Å². The third-order valence-corrected chi connectivity index (χ3v) is 2.87. The third-order valence-electron chi connectivity index (χ3n) is 2.87. The van der Waals surface area contributed by atoms with Crippen LogP contribution in [0, 0.1) is 0 Å². The van der Waals surface area contributed by atoms with Gasteiger partial charge in [0.25, 0.3) is 5.91 Å². The van der Waals surface area contributed by atoms with Gasteiger partial charge >= 0.3 is 0 Å². The van der Waals surface area contributed by atoms with E-state index in [-0.39, 0.29) is 12.5 Å². The number of rotatable bonds is 3. The van der Waals surface area contributed by atoms with Crippen LogP contribution in [-0.2, 0) is 4.79 Å². The van der Waals surface area contributed by atoms with Crippen molar-refractivity contribution in [1.29, 1.82) is 0 Å². The minimum atomic E-state index is -0.132. The lowest BCUT2D eigenvalue weighted by atomic mass is 10.2. The van der Waals surface area contributed by atoms with Crippen molar-refractivity contribution in [3.63, 3.8) is 0 Å². The van der Waals surface area contributed by atoms with E-state index in [0.29, 0.717) is 17.1 Å².